The number of carbonyl (C=O) groups excluding carboxylic acids is 1. The number of pyridine rings is 1. The van der Waals surface area contributed by atoms with E-state index in [1.54, 1.807) is 11.1 Å². The normalized spacial score (nSPS) is 21.0. The number of anilines is 3. The van der Waals surface area contributed by atoms with Crippen LogP contribution in [0.3, 0.4) is 0 Å². The number of hydrogen-bond acceptors (Lipinski definition) is 6. The molecule has 8 nitrogen and oxygen atoms in total. The minimum Gasteiger partial charge on any atom is -0.338 e. The summed E-state index contributed by atoms with van der Waals surface area (Å²) >= 11 is 0. The Hall–Kier alpha value is -4.17. The van der Waals surface area contributed by atoms with E-state index < -0.39 is 0 Å². The van der Waals surface area contributed by atoms with Crippen LogP contribution in [-0.2, 0) is 6.54 Å². The van der Waals surface area contributed by atoms with Crippen molar-refractivity contribution >= 4 is 23.2 Å². The number of rotatable bonds is 6. The highest BCUT2D eigenvalue weighted by Gasteiger charge is 2.44. The number of para-hydroxylation sites is 1. The molecule has 194 valence electrons. The van der Waals surface area contributed by atoms with Crippen molar-refractivity contribution in [1.29, 1.82) is 0 Å². The van der Waals surface area contributed by atoms with Gasteiger partial charge < -0.3 is 20.9 Å². The predicted molar refractivity (Wildman–Crippen MR) is 150 cm³/mol. The first-order chi connectivity index (χ1) is 18.5. The van der Waals surface area contributed by atoms with Gasteiger partial charge in [-0.25, -0.2) is 4.68 Å². The second-order valence-corrected chi connectivity index (χ2v) is 10.2. The monoisotopic (exact) mass is 507 g/mol. The topological polar surface area (TPSA) is 92.3 Å². The highest BCUT2D eigenvalue weighted by molar-refractivity contribution is 6.06. The number of aromatic nitrogens is 3. The van der Waals surface area contributed by atoms with E-state index in [2.05, 4.69) is 46.4 Å². The van der Waals surface area contributed by atoms with Gasteiger partial charge in [0.05, 0.1) is 12.2 Å². The molecule has 0 bridgehead atoms. The van der Waals surface area contributed by atoms with E-state index in [4.69, 9.17) is 10.8 Å². The fourth-order valence-corrected chi connectivity index (χ4v) is 5.71. The van der Waals surface area contributed by atoms with Crippen LogP contribution in [0.5, 0.6) is 0 Å². The Bertz CT molecular complexity index is 1420. The van der Waals surface area contributed by atoms with Crippen molar-refractivity contribution in [3.05, 3.63) is 90.1 Å². The van der Waals surface area contributed by atoms with E-state index in [0.29, 0.717) is 17.9 Å². The molecule has 1 aliphatic carbocycles. The van der Waals surface area contributed by atoms with Crippen LogP contribution in [0.25, 0.3) is 11.3 Å². The highest BCUT2D eigenvalue weighted by atomic mass is 16.2. The summed E-state index contributed by atoms with van der Waals surface area (Å²) in [6, 6.07) is 24.4. The molecule has 0 radical (unpaired) electrons. The lowest BCUT2D eigenvalue weighted by Gasteiger charge is -2.45. The number of amides is 1. The number of nitrogens with two attached hydrogens (primary N) is 1. The Kier molecular flexibility index (Phi) is 6.33. The zero-order valence-corrected chi connectivity index (χ0v) is 21.8. The van der Waals surface area contributed by atoms with Crippen LogP contribution in [-0.4, -0.2) is 50.9 Å². The Morgan fingerprint density at radius 1 is 1.00 bits per heavy atom. The molecular weight excluding hydrogens is 474 g/mol. The summed E-state index contributed by atoms with van der Waals surface area (Å²) in [6.45, 7) is 2.61. The van der Waals surface area contributed by atoms with Crippen LogP contribution in [0.1, 0.15) is 42.1 Å². The van der Waals surface area contributed by atoms with Crippen molar-refractivity contribution in [3.8, 4) is 11.3 Å². The van der Waals surface area contributed by atoms with E-state index in [-0.39, 0.29) is 24.2 Å². The summed E-state index contributed by atoms with van der Waals surface area (Å²) in [5.41, 5.74) is 11.2. The van der Waals surface area contributed by atoms with Crippen LogP contribution < -0.4 is 16.0 Å². The summed E-state index contributed by atoms with van der Waals surface area (Å²) in [7, 11) is 1.86. The Morgan fingerprint density at radius 3 is 2.45 bits per heavy atom. The molecule has 1 saturated carbocycles. The lowest BCUT2D eigenvalue weighted by Crippen LogP contribution is -2.59. The standard InChI is InChI=1S/C30H33N7O/c1-20-35(2)30(38)27-28(33-23-9-4-3-5-10-23)34-36(29(27)37(20)26-13-8-11-24(26)31)19-21-14-16-22(17-15-21)25-12-6-7-18-32-25/h3-7,9-10,12,14-18,20,24,26H,8,11,13,19,31H2,1-2H3,(H,33,34)/t20?,24-,26+/m1/s1. The first-order valence-corrected chi connectivity index (χ1v) is 13.3. The number of hydrogen-bond donors (Lipinski definition) is 2. The molecule has 4 aromatic rings. The average Bonchev–Trinajstić information content (AvgIpc) is 3.52. The van der Waals surface area contributed by atoms with Gasteiger partial charge in [-0.2, -0.15) is 5.10 Å². The second kappa shape index (κ2) is 9.95. The van der Waals surface area contributed by atoms with Crippen molar-refractivity contribution < 1.29 is 4.79 Å². The molecule has 38 heavy (non-hydrogen) atoms. The Labute approximate surface area is 223 Å². The third-order valence-corrected chi connectivity index (χ3v) is 7.84. The minimum absolute atomic E-state index is 0.0366. The van der Waals surface area contributed by atoms with Gasteiger partial charge in [0, 0.05) is 36.6 Å². The summed E-state index contributed by atoms with van der Waals surface area (Å²) < 4.78 is 1.98. The Balaban J connectivity index is 1.43. The van der Waals surface area contributed by atoms with Gasteiger partial charge in [0.15, 0.2) is 5.82 Å². The Morgan fingerprint density at radius 2 is 1.76 bits per heavy atom. The number of carbonyl (C=O) groups is 1. The summed E-state index contributed by atoms with van der Waals surface area (Å²) in [4.78, 5) is 22.3. The zero-order valence-electron chi connectivity index (χ0n) is 21.8. The third kappa shape index (κ3) is 4.31. The van der Waals surface area contributed by atoms with Crippen LogP contribution in [0.4, 0.5) is 17.3 Å². The van der Waals surface area contributed by atoms with Crippen molar-refractivity contribution in [2.24, 2.45) is 5.73 Å². The molecule has 6 rings (SSSR count). The lowest BCUT2D eigenvalue weighted by molar-refractivity contribution is 0.0711. The maximum atomic E-state index is 13.7. The molecule has 0 saturated heterocycles. The van der Waals surface area contributed by atoms with Gasteiger partial charge in [0.1, 0.15) is 17.5 Å². The second-order valence-electron chi connectivity index (χ2n) is 10.2. The molecule has 2 aromatic carbocycles. The van der Waals surface area contributed by atoms with E-state index in [1.165, 1.54) is 0 Å². The fraction of sp³-hybridized carbons (Fsp3) is 0.300. The molecular formula is C30H33N7O. The fourth-order valence-electron chi connectivity index (χ4n) is 5.71. The molecule has 3 heterocycles. The van der Waals surface area contributed by atoms with Crippen LogP contribution in [0, 0.1) is 0 Å². The minimum atomic E-state index is -0.129. The quantitative estimate of drug-likeness (QED) is 0.387. The van der Waals surface area contributed by atoms with Gasteiger partial charge in [0.25, 0.3) is 5.91 Å². The zero-order chi connectivity index (χ0) is 26.2. The van der Waals surface area contributed by atoms with E-state index in [0.717, 1.165) is 47.6 Å². The van der Waals surface area contributed by atoms with Crippen LogP contribution in [0.2, 0.25) is 0 Å². The van der Waals surface area contributed by atoms with Crippen molar-refractivity contribution in [2.75, 3.05) is 17.3 Å². The van der Waals surface area contributed by atoms with Gasteiger partial charge in [-0.1, -0.05) is 48.5 Å². The number of fused-ring (bicyclic) bond motifs is 1. The molecule has 1 unspecified atom stereocenters. The average molecular weight is 508 g/mol. The first-order valence-electron chi connectivity index (χ1n) is 13.3. The molecule has 3 N–H and O–H groups in total. The molecule has 2 aliphatic rings. The van der Waals surface area contributed by atoms with Gasteiger partial charge >= 0.3 is 0 Å². The smallest absolute Gasteiger partial charge is 0.262 e. The van der Waals surface area contributed by atoms with Gasteiger partial charge in [-0.05, 0) is 56.0 Å². The maximum absolute atomic E-state index is 13.7. The summed E-state index contributed by atoms with van der Waals surface area (Å²) in [5, 5.41) is 8.40. The number of benzene rings is 2. The van der Waals surface area contributed by atoms with E-state index in [1.807, 2.05) is 60.3 Å². The third-order valence-electron chi connectivity index (χ3n) is 7.84. The summed E-state index contributed by atoms with van der Waals surface area (Å²) in [6.07, 6.45) is 4.74. The summed E-state index contributed by atoms with van der Waals surface area (Å²) in [5.74, 6) is 1.37. The van der Waals surface area contributed by atoms with E-state index >= 15 is 0 Å². The SMILES string of the molecule is CC1N(C)C(=O)c2c(Nc3ccccc3)nn(Cc3ccc(-c4ccccn4)cc3)c2N1[C@H]1CCC[C@H]1N. The number of nitrogens with one attached hydrogen (secondary N) is 1. The van der Waals surface area contributed by atoms with Gasteiger partial charge in [-0.3, -0.25) is 9.78 Å². The number of nitrogens with zero attached hydrogens (tertiary/aromatic N) is 5. The maximum Gasteiger partial charge on any atom is 0.262 e. The van der Waals surface area contributed by atoms with Crippen molar-refractivity contribution in [3.63, 3.8) is 0 Å². The largest absolute Gasteiger partial charge is 0.338 e. The van der Waals surface area contributed by atoms with E-state index in [9.17, 15) is 4.79 Å². The van der Waals surface area contributed by atoms with Crippen molar-refractivity contribution in [2.45, 2.75) is 51.0 Å². The predicted octanol–water partition coefficient (Wildman–Crippen LogP) is 4.85. The van der Waals surface area contributed by atoms with Gasteiger partial charge in [-0.15, -0.1) is 0 Å². The van der Waals surface area contributed by atoms with Crippen LogP contribution >= 0.6 is 0 Å². The molecule has 8 heteroatoms. The van der Waals surface area contributed by atoms with Crippen molar-refractivity contribution in [1.82, 2.24) is 19.7 Å². The highest BCUT2D eigenvalue weighted by Crippen LogP contribution is 2.40. The molecule has 1 amide bonds. The van der Waals surface area contributed by atoms with Gasteiger partial charge in [0.2, 0.25) is 0 Å². The lowest BCUT2D eigenvalue weighted by atomic mass is 10.0. The van der Waals surface area contributed by atoms with Crippen LogP contribution in [0.15, 0.2) is 79.0 Å². The molecule has 1 aliphatic heterocycles. The molecule has 1 fully saturated rings. The first kappa shape index (κ1) is 24.2. The molecule has 0 spiro atoms. The molecule has 3 atom stereocenters. The molecule has 2 aromatic heterocycles.